The molecule has 1 aromatic rings. The zero-order valence-corrected chi connectivity index (χ0v) is 10.1. The fraction of sp³-hybridized carbons (Fsp3) is 0.600. The van der Waals surface area contributed by atoms with E-state index in [1.165, 1.54) is 7.11 Å². The van der Waals surface area contributed by atoms with Gasteiger partial charge in [0.05, 0.1) is 0 Å². The molecule has 0 spiro atoms. The lowest BCUT2D eigenvalue weighted by Gasteiger charge is -2.10. The van der Waals surface area contributed by atoms with Crippen LogP contribution in [0.2, 0.25) is 0 Å². The molecular weight excluding hydrogens is 271 g/mol. The van der Waals surface area contributed by atoms with E-state index in [9.17, 15) is 18.0 Å². The lowest BCUT2D eigenvalue weighted by Crippen LogP contribution is -2.12. The predicted molar refractivity (Wildman–Crippen MR) is 56.5 cm³/mol. The fourth-order valence-electron chi connectivity index (χ4n) is 1.69. The van der Waals surface area contributed by atoms with Crippen LogP contribution in [0, 0.1) is 5.92 Å². The molecule has 8 heteroatoms. The molecule has 1 fully saturated rings. The van der Waals surface area contributed by atoms with Crippen molar-refractivity contribution in [1.82, 2.24) is 4.98 Å². The van der Waals surface area contributed by atoms with E-state index in [1.807, 2.05) is 0 Å². The molecule has 1 saturated carbocycles. The van der Waals surface area contributed by atoms with Crippen LogP contribution in [0.4, 0.5) is 13.2 Å². The van der Waals surface area contributed by atoms with E-state index in [0.29, 0.717) is 11.3 Å². The summed E-state index contributed by atoms with van der Waals surface area (Å²) in [6.45, 7) is 0. The molecule has 0 radical (unpaired) electrons. The zero-order valence-electron chi connectivity index (χ0n) is 9.32. The van der Waals surface area contributed by atoms with Gasteiger partial charge in [0.1, 0.15) is 16.0 Å². The van der Waals surface area contributed by atoms with Gasteiger partial charge in [-0.1, -0.05) is 0 Å². The van der Waals surface area contributed by atoms with Gasteiger partial charge in [0, 0.05) is 7.11 Å². The average Bonchev–Trinajstić information content (AvgIpc) is 2.95. The summed E-state index contributed by atoms with van der Waals surface area (Å²) in [6, 6.07) is 0. The maximum absolute atomic E-state index is 12.6. The summed E-state index contributed by atoms with van der Waals surface area (Å²) in [7, 11) is 1.39. The second-order valence-corrected chi connectivity index (χ2v) is 5.06. The summed E-state index contributed by atoms with van der Waals surface area (Å²) in [6.07, 6.45) is -3.57. The molecule has 1 aromatic heterocycles. The Balaban J connectivity index is 2.41. The smallest absolute Gasteiger partial charge is 0.435 e. The summed E-state index contributed by atoms with van der Waals surface area (Å²) >= 11 is 0.540. The second kappa shape index (κ2) is 4.51. The van der Waals surface area contributed by atoms with E-state index in [4.69, 9.17) is 9.84 Å². The number of aromatic nitrogens is 1. The van der Waals surface area contributed by atoms with Crippen molar-refractivity contribution >= 4 is 17.3 Å². The Morgan fingerprint density at radius 3 is 2.50 bits per heavy atom. The highest BCUT2D eigenvalue weighted by Gasteiger charge is 2.42. The van der Waals surface area contributed by atoms with Crippen LogP contribution in [0.5, 0.6) is 0 Å². The average molecular weight is 281 g/mol. The van der Waals surface area contributed by atoms with Crippen molar-refractivity contribution in [2.45, 2.75) is 25.1 Å². The summed E-state index contributed by atoms with van der Waals surface area (Å²) < 4.78 is 43.0. The lowest BCUT2D eigenvalue weighted by atomic mass is 10.2. The number of alkyl halides is 3. The molecule has 4 nitrogen and oxygen atoms in total. The van der Waals surface area contributed by atoms with Crippen LogP contribution in [-0.2, 0) is 10.9 Å². The first-order valence-corrected chi connectivity index (χ1v) is 6.00. The van der Waals surface area contributed by atoms with Crippen molar-refractivity contribution in [2.24, 2.45) is 5.92 Å². The number of halogens is 3. The Morgan fingerprint density at radius 2 is 2.17 bits per heavy atom. The topological polar surface area (TPSA) is 59.4 Å². The summed E-state index contributed by atoms with van der Waals surface area (Å²) in [5.41, 5.74) is -1.34. The number of methoxy groups -OCH3 is 1. The van der Waals surface area contributed by atoms with Gasteiger partial charge in [-0.25, -0.2) is 9.78 Å². The van der Waals surface area contributed by atoms with Crippen molar-refractivity contribution < 1.29 is 27.8 Å². The van der Waals surface area contributed by atoms with Crippen LogP contribution < -0.4 is 0 Å². The quantitative estimate of drug-likeness (QED) is 0.921. The highest BCUT2D eigenvalue weighted by molar-refractivity contribution is 7.13. The van der Waals surface area contributed by atoms with Crippen LogP contribution >= 0.6 is 11.3 Å². The van der Waals surface area contributed by atoms with Crippen LogP contribution in [-0.4, -0.2) is 23.2 Å². The third kappa shape index (κ3) is 2.49. The number of thiazole rings is 1. The molecule has 0 amide bonds. The second-order valence-electron chi connectivity index (χ2n) is 4.03. The van der Waals surface area contributed by atoms with Crippen molar-refractivity contribution in [3.63, 3.8) is 0 Å². The molecule has 1 heterocycles. The Morgan fingerprint density at radius 1 is 1.56 bits per heavy atom. The molecule has 2 rings (SSSR count). The summed E-state index contributed by atoms with van der Waals surface area (Å²) in [5.74, 6) is -1.47. The van der Waals surface area contributed by atoms with Crippen LogP contribution in [0.1, 0.15) is 39.3 Å². The molecule has 0 bridgehead atoms. The van der Waals surface area contributed by atoms with Gasteiger partial charge in [-0.15, -0.1) is 11.3 Å². The van der Waals surface area contributed by atoms with Crippen LogP contribution in [0.25, 0.3) is 0 Å². The Kier molecular flexibility index (Phi) is 3.33. The first-order valence-electron chi connectivity index (χ1n) is 5.18. The molecule has 1 aliphatic rings. The summed E-state index contributed by atoms with van der Waals surface area (Å²) in [5, 5.41) is 8.87. The number of carboxylic acids is 1. The van der Waals surface area contributed by atoms with Crippen LogP contribution in [0.15, 0.2) is 0 Å². The molecule has 100 valence electrons. The number of nitrogens with zero attached hydrogens (tertiary/aromatic N) is 1. The van der Waals surface area contributed by atoms with Gasteiger partial charge in [0.25, 0.3) is 0 Å². The van der Waals surface area contributed by atoms with Crippen molar-refractivity contribution in [2.75, 3.05) is 7.11 Å². The highest BCUT2D eigenvalue weighted by atomic mass is 32.1. The van der Waals surface area contributed by atoms with E-state index in [2.05, 4.69) is 4.98 Å². The third-order valence-electron chi connectivity index (χ3n) is 2.65. The van der Waals surface area contributed by atoms with Gasteiger partial charge in [-0.2, -0.15) is 13.2 Å². The first kappa shape index (κ1) is 13.3. The molecule has 1 unspecified atom stereocenters. The molecule has 1 N–H and O–H groups in total. The van der Waals surface area contributed by atoms with Crippen molar-refractivity contribution in [1.29, 1.82) is 0 Å². The number of hydrogen-bond acceptors (Lipinski definition) is 4. The molecule has 1 aliphatic carbocycles. The minimum absolute atomic E-state index is 0.0877. The molecule has 0 saturated heterocycles. The minimum Gasteiger partial charge on any atom is -0.477 e. The predicted octanol–water partition coefficient (Wildman–Crippen LogP) is 2.96. The molecule has 0 aromatic carbocycles. The summed E-state index contributed by atoms with van der Waals surface area (Å²) in [4.78, 5) is 13.5. The van der Waals surface area contributed by atoms with Crippen molar-refractivity contribution in [3.8, 4) is 0 Å². The monoisotopic (exact) mass is 281 g/mol. The van der Waals surface area contributed by atoms with Gasteiger partial charge >= 0.3 is 12.1 Å². The maximum Gasteiger partial charge on any atom is 0.435 e. The lowest BCUT2D eigenvalue weighted by molar-refractivity contribution is -0.141. The standard InChI is InChI=1S/C10H10F3NO3S/c1-17-5(4-2-3-4)8-14-7(10(11,12)13)6(18-8)9(15)16/h4-5H,2-3H2,1H3,(H,15,16). The molecule has 18 heavy (non-hydrogen) atoms. The SMILES string of the molecule is COC(c1nc(C(F)(F)F)c(C(=O)O)s1)C1CC1. The number of carbonyl (C=O) groups is 1. The largest absolute Gasteiger partial charge is 0.477 e. The van der Waals surface area contributed by atoms with Crippen LogP contribution in [0.3, 0.4) is 0 Å². The number of carboxylic acid groups (broad SMARTS) is 1. The van der Waals surface area contributed by atoms with Gasteiger partial charge < -0.3 is 9.84 Å². The normalized spacial score (nSPS) is 17.8. The van der Waals surface area contributed by atoms with E-state index >= 15 is 0 Å². The van der Waals surface area contributed by atoms with E-state index in [-0.39, 0.29) is 10.9 Å². The highest BCUT2D eigenvalue weighted by Crippen LogP contribution is 2.45. The molecule has 1 atom stereocenters. The van der Waals surface area contributed by atoms with Gasteiger partial charge in [-0.3, -0.25) is 0 Å². The molecule has 0 aliphatic heterocycles. The Labute approximate surface area is 104 Å². The fourth-order valence-corrected chi connectivity index (χ4v) is 2.79. The third-order valence-corrected chi connectivity index (χ3v) is 3.76. The zero-order chi connectivity index (χ0) is 13.5. The van der Waals surface area contributed by atoms with Gasteiger partial charge in [-0.05, 0) is 18.8 Å². The number of hydrogen-bond donors (Lipinski definition) is 1. The first-order chi connectivity index (χ1) is 8.34. The van der Waals surface area contributed by atoms with E-state index in [0.717, 1.165) is 12.8 Å². The number of rotatable bonds is 4. The van der Waals surface area contributed by atoms with E-state index < -0.39 is 28.8 Å². The van der Waals surface area contributed by atoms with Gasteiger partial charge in [0.2, 0.25) is 0 Å². The Hall–Kier alpha value is -1.15. The number of aromatic carboxylic acids is 1. The molecular formula is C10H10F3NO3S. The maximum atomic E-state index is 12.6. The minimum atomic E-state index is -4.76. The number of ether oxygens (including phenoxy) is 1. The van der Waals surface area contributed by atoms with E-state index in [1.54, 1.807) is 0 Å². The van der Waals surface area contributed by atoms with Crippen molar-refractivity contribution in [3.05, 3.63) is 15.6 Å². The Bertz CT molecular complexity index is 467. The van der Waals surface area contributed by atoms with Gasteiger partial charge in [0.15, 0.2) is 5.69 Å².